The summed E-state index contributed by atoms with van der Waals surface area (Å²) in [5, 5.41) is 4.50. The van der Waals surface area contributed by atoms with Crippen molar-refractivity contribution in [3.05, 3.63) is 83.3 Å². The molecule has 1 aromatic heterocycles. The molecule has 160 valence electrons. The van der Waals surface area contributed by atoms with Crippen molar-refractivity contribution >= 4 is 29.2 Å². The Bertz CT molecular complexity index is 1110. The summed E-state index contributed by atoms with van der Waals surface area (Å²) in [5.41, 5.74) is -1.55. The molecule has 0 saturated carbocycles. The molecule has 0 atom stereocenters. The largest absolute Gasteiger partial charge is 0.465 e. The number of esters is 1. The van der Waals surface area contributed by atoms with Crippen LogP contribution in [0, 0.1) is 0 Å². The summed E-state index contributed by atoms with van der Waals surface area (Å²) in [5.74, 6) is -2.21. The molecule has 7 nitrogen and oxygen atoms in total. The summed E-state index contributed by atoms with van der Waals surface area (Å²) in [6.45, 7) is 0. The van der Waals surface area contributed by atoms with E-state index in [1.165, 1.54) is 55.8 Å². The predicted molar refractivity (Wildman–Crippen MR) is 104 cm³/mol. The zero-order valence-electron chi connectivity index (χ0n) is 15.9. The van der Waals surface area contributed by atoms with E-state index in [0.29, 0.717) is 6.07 Å². The van der Waals surface area contributed by atoms with Gasteiger partial charge in [-0.25, -0.2) is 4.79 Å². The molecular formula is C21H15F3N2O5. The van der Waals surface area contributed by atoms with Crippen LogP contribution < -0.4 is 10.6 Å². The molecule has 2 amide bonds. The molecule has 0 spiro atoms. The van der Waals surface area contributed by atoms with Gasteiger partial charge in [0.1, 0.15) is 0 Å². The summed E-state index contributed by atoms with van der Waals surface area (Å²) in [4.78, 5) is 35.8. The van der Waals surface area contributed by atoms with Gasteiger partial charge in [0.25, 0.3) is 11.8 Å². The molecular weight excluding hydrogens is 417 g/mol. The van der Waals surface area contributed by atoms with Crippen LogP contribution in [-0.4, -0.2) is 24.9 Å². The van der Waals surface area contributed by atoms with Crippen LogP contribution in [-0.2, 0) is 10.9 Å². The number of methoxy groups -OCH3 is 1. The van der Waals surface area contributed by atoms with Crippen molar-refractivity contribution in [3.8, 4) is 0 Å². The lowest BCUT2D eigenvalue weighted by molar-refractivity contribution is -0.136. The Hall–Kier alpha value is -4.08. The number of benzene rings is 2. The average molecular weight is 432 g/mol. The highest BCUT2D eigenvalue weighted by atomic mass is 19.4. The summed E-state index contributed by atoms with van der Waals surface area (Å²) in [6.07, 6.45) is -3.55. The van der Waals surface area contributed by atoms with E-state index in [1.807, 2.05) is 0 Å². The maximum Gasteiger partial charge on any atom is 0.418 e. The van der Waals surface area contributed by atoms with Crippen LogP contribution in [0.5, 0.6) is 0 Å². The zero-order chi connectivity index (χ0) is 22.6. The van der Waals surface area contributed by atoms with Gasteiger partial charge in [0.05, 0.1) is 30.2 Å². The Labute approximate surface area is 173 Å². The van der Waals surface area contributed by atoms with E-state index in [9.17, 15) is 27.6 Å². The molecule has 3 rings (SSSR count). The third kappa shape index (κ3) is 5.10. The van der Waals surface area contributed by atoms with Crippen LogP contribution in [0.25, 0.3) is 0 Å². The number of furan rings is 1. The molecule has 3 aromatic rings. The Balaban J connectivity index is 1.82. The molecule has 0 bridgehead atoms. The van der Waals surface area contributed by atoms with Crippen molar-refractivity contribution in [2.45, 2.75) is 6.18 Å². The van der Waals surface area contributed by atoms with Crippen LogP contribution in [0.15, 0.2) is 65.3 Å². The number of carbonyl (C=O) groups is 3. The molecule has 0 aliphatic rings. The van der Waals surface area contributed by atoms with Gasteiger partial charge in [0.2, 0.25) is 0 Å². The van der Waals surface area contributed by atoms with E-state index in [2.05, 4.69) is 15.4 Å². The monoisotopic (exact) mass is 432 g/mol. The average Bonchev–Trinajstić information content (AvgIpc) is 3.28. The second kappa shape index (κ2) is 8.74. The molecule has 0 aliphatic heterocycles. The van der Waals surface area contributed by atoms with E-state index in [-0.39, 0.29) is 22.6 Å². The molecule has 0 unspecified atom stereocenters. The van der Waals surface area contributed by atoms with Crippen molar-refractivity contribution in [1.29, 1.82) is 0 Å². The fourth-order valence-corrected chi connectivity index (χ4v) is 2.64. The first-order valence-electron chi connectivity index (χ1n) is 8.75. The highest BCUT2D eigenvalue weighted by molar-refractivity contribution is 6.06. The van der Waals surface area contributed by atoms with E-state index in [0.717, 1.165) is 6.07 Å². The van der Waals surface area contributed by atoms with Gasteiger partial charge in [-0.15, -0.1) is 0 Å². The number of anilines is 2. The van der Waals surface area contributed by atoms with Crippen LogP contribution in [0.2, 0.25) is 0 Å². The Kier molecular flexibility index (Phi) is 6.10. The lowest BCUT2D eigenvalue weighted by atomic mass is 10.1. The van der Waals surface area contributed by atoms with Crippen molar-refractivity contribution in [2.75, 3.05) is 17.7 Å². The van der Waals surface area contributed by atoms with Gasteiger partial charge in [-0.3, -0.25) is 9.59 Å². The molecule has 1 heterocycles. The Morgan fingerprint density at radius 3 is 2.16 bits per heavy atom. The molecule has 0 radical (unpaired) electrons. The number of carbonyl (C=O) groups excluding carboxylic acids is 3. The van der Waals surface area contributed by atoms with Crippen molar-refractivity contribution in [3.63, 3.8) is 0 Å². The third-order valence-corrected chi connectivity index (χ3v) is 4.14. The summed E-state index contributed by atoms with van der Waals surface area (Å²) in [7, 11) is 1.20. The molecule has 0 fully saturated rings. The summed E-state index contributed by atoms with van der Waals surface area (Å²) in [6, 6.07) is 11.0. The first-order valence-corrected chi connectivity index (χ1v) is 8.75. The van der Waals surface area contributed by atoms with E-state index < -0.39 is 35.2 Å². The van der Waals surface area contributed by atoms with Crippen molar-refractivity contribution < 1.29 is 36.7 Å². The number of rotatable bonds is 5. The molecule has 2 aromatic carbocycles. The van der Waals surface area contributed by atoms with Crippen LogP contribution in [0.4, 0.5) is 24.5 Å². The van der Waals surface area contributed by atoms with E-state index in [4.69, 9.17) is 4.42 Å². The second-order valence-electron chi connectivity index (χ2n) is 6.21. The van der Waals surface area contributed by atoms with Crippen LogP contribution in [0.3, 0.4) is 0 Å². The van der Waals surface area contributed by atoms with Crippen LogP contribution >= 0.6 is 0 Å². The van der Waals surface area contributed by atoms with Gasteiger partial charge in [-0.2, -0.15) is 13.2 Å². The first-order chi connectivity index (χ1) is 14.7. The summed E-state index contributed by atoms with van der Waals surface area (Å²) >= 11 is 0. The van der Waals surface area contributed by atoms with E-state index in [1.54, 1.807) is 0 Å². The number of amides is 2. The lowest BCUT2D eigenvalue weighted by Gasteiger charge is -2.16. The lowest BCUT2D eigenvalue weighted by Crippen LogP contribution is -2.18. The van der Waals surface area contributed by atoms with Gasteiger partial charge in [0.15, 0.2) is 5.76 Å². The Morgan fingerprint density at radius 1 is 0.903 bits per heavy atom. The standard InChI is InChI=1S/C21H15F3N2O5/c1-30-20(29)13-6-4-12(5-7-13)18(27)26-16-9-8-14(11-15(16)21(22,23)24)25-19(28)17-3-2-10-31-17/h2-11H,1H3,(H,25,28)(H,26,27). The maximum absolute atomic E-state index is 13.5. The highest BCUT2D eigenvalue weighted by Crippen LogP contribution is 2.37. The predicted octanol–water partition coefficient (Wildman–Crippen LogP) is 4.59. The Morgan fingerprint density at radius 2 is 1.58 bits per heavy atom. The minimum Gasteiger partial charge on any atom is -0.465 e. The minimum atomic E-state index is -4.80. The fraction of sp³-hybridized carbons (Fsp3) is 0.0952. The van der Waals surface area contributed by atoms with Crippen LogP contribution in [0.1, 0.15) is 36.8 Å². The molecule has 0 saturated heterocycles. The normalized spacial score (nSPS) is 11.0. The number of hydrogen-bond acceptors (Lipinski definition) is 5. The number of alkyl halides is 3. The molecule has 2 N–H and O–H groups in total. The topological polar surface area (TPSA) is 97.6 Å². The van der Waals surface area contributed by atoms with Crippen molar-refractivity contribution in [1.82, 2.24) is 0 Å². The smallest absolute Gasteiger partial charge is 0.418 e. The number of hydrogen-bond donors (Lipinski definition) is 2. The second-order valence-corrected chi connectivity index (χ2v) is 6.21. The molecule has 10 heteroatoms. The summed E-state index contributed by atoms with van der Waals surface area (Å²) < 4.78 is 50.1. The van der Waals surface area contributed by atoms with Gasteiger partial charge in [-0.1, -0.05) is 0 Å². The number of halogens is 3. The van der Waals surface area contributed by atoms with Crippen molar-refractivity contribution in [2.24, 2.45) is 0 Å². The van der Waals surface area contributed by atoms with Gasteiger partial charge in [0, 0.05) is 11.3 Å². The van der Waals surface area contributed by atoms with Gasteiger partial charge >= 0.3 is 12.1 Å². The fourth-order valence-electron chi connectivity index (χ4n) is 2.64. The van der Waals surface area contributed by atoms with Gasteiger partial charge < -0.3 is 19.8 Å². The third-order valence-electron chi connectivity index (χ3n) is 4.14. The zero-order valence-corrected chi connectivity index (χ0v) is 15.9. The molecule has 31 heavy (non-hydrogen) atoms. The first kappa shape index (κ1) is 21.6. The number of ether oxygens (including phenoxy) is 1. The quantitative estimate of drug-likeness (QED) is 0.575. The van der Waals surface area contributed by atoms with E-state index >= 15 is 0 Å². The highest BCUT2D eigenvalue weighted by Gasteiger charge is 2.34. The maximum atomic E-state index is 13.5. The van der Waals surface area contributed by atoms with Gasteiger partial charge in [-0.05, 0) is 54.6 Å². The number of nitrogens with one attached hydrogen (secondary N) is 2. The minimum absolute atomic E-state index is 0.0379. The molecule has 0 aliphatic carbocycles. The SMILES string of the molecule is COC(=O)c1ccc(C(=O)Nc2ccc(NC(=O)c3ccco3)cc2C(F)(F)F)cc1.